The second kappa shape index (κ2) is 4.01. The van der Waals surface area contributed by atoms with Crippen molar-refractivity contribution in [3.8, 4) is 0 Å². The smallest absolute Gasteiger partial charge is 0.359 e. The molecule has 3 rings (SSSR count). The Morgan fingerprint density at radius 3 is 2.61 bits per heavy atom. The summed E-state index contributed by atoms with van der Waals surface area (Å²) in [6.07, 6.45) is -2.14. The van der Waals surface area contributed by atoms with Crippen LogP contribution in [0.1, 0.15) is 22.3 Å². The normalized spacial score (nSPS) is 19.7. The third-order valence-corrected chi connectivity index (χ3v) is 2.83. The minimum atomic E-state index is -1.19. The van der Waals surface area contributed by atoms with Crippen LogP contribution >= 0.6 is 0 Å². The molecule has 18 heavy (non-hydrogen) atoms. The monoisotopic (exact) mass is 246 g/mol. The first-order valence-corrected chi connectivity index (χ1v) is 5.47. The first-order chi connectivity index (χ1) is 8.70. The number of cyclic esters (lactones) is 1. The summed E-state index contributed by atoms with van der Waals surface area (Å²) in [5.74, 6) is -0.624. The highest BCUT2D eigenvalue weighted by atomic mass is 16.6. The lowest BCUT2D eigenvalue weighted by molar-refractivity contribution is -0.0307. The quantitative estimate of drug-likeness (QED) is 0.735. The van der Waals surface area contributed by atoms with Crippen molar-refractivity contribution in [2.45, 2.75) is 12.2 Å². The number of benzene rings is 1. The Morgan fingerprint density at radius 2 is 1.94 bits per heavy atom. The van der Waals surface area contributed by atoms with Crippen LogP contribution in [0.4, 0.5) is 0 Å². The van der Waals surface area contributed by atoms with Crippen molar-refractivity contribution in [2.75, 3.05) is 6.61 Å². The molecule has 0 bridgehead atoms. The number of aliphatic hydroxyl groups excluding tert-OH is 2. The molecule has 0 aliphatic carbocycles. The fraction of sp³-hybridized carbons (Fsp3) is 0.250. The number of ether oxygens (including phenoxy) is 1. The standard InChI is InChI=1S/C12H10N2O4/c15-5-8(16)11-9-10(12(17)18-11)14-7-4-2-1-3-6(7)13-9/h1-4,8,11,15-16H,5H2. The molecule has 0 amide bonds. The van der Waals surface area contributed by atoms with E-state index in [9.17, 15) is 9.90 Å². The first-order valence-electron chi connectivity index (χ1n) is 5.47. The average Bonchev–Trinajstić information content (AvgIpc) is 2.72. The minimum absolute atomic E-state index is 0.103. The van der Waals surface area contributed by atoms with Gasteiger partial charge in [-0.25, -0.2) is 14.8 Å². The van der Waals surface area contributed by atoms with Crippen LogP contribution in [-0.2, 0) is 4.74 Å². The summed E-state index contributed by atoms with van der Waals surface area (Å²) in [7, 11) is 0. The maximum atomic E-state index is 11.6. The van der Waals surface area contributed by atoms with Crippen LogP contribution in [0.3, 0.4) is 0 Å². The van der Waals surface area contributed by atoms with Crippen LogP contribution in [0, 0.1) is 0 Å². The zero-order valence-corrected chi connectivity index (χ0v) is 9.28. The molecule has 2 heterocycles. The van der Waals surface area contributed by atoms with Gasteiger partial charge in [0.05, 0.1) is 17.6 Å². The van der Waals surface area contributed by atoms with Crippen molar-refractivity contribution in [3.63, 3.8) is 0 Å². The lowest BCUT2D eigenvalue weighted by atomic mass is 10.1. The van der Waals surface area contributed by atoms with Gasteiger partial charge >= 0.3 is 5.97 Å². The van der Waals surface area contributed by atoms with Crippen LogP contribution in [0.5, 0.6) is 0 Å². The second-order valence-electron chi connectivity index (χ2n) is 4.02. The van der Waals surface area contributed by atoms with Crippen LogP contribution in [0.25, 0.3) is 11.0 Å². The number of rotatable bonds is 2. The van der Waals surface area contributed by atoms with E-state index in [-0.39, 0.29) is 11.4 Å². The highest BCUT2D eigenvalue weighted by Gasteiger charge is 2.38. The van der Waals surface area contributed by atoms with Gasteiger partial charge in [0.2, 0.25) is 0 Å². The van der Waals surface area contributed by atoms with E-state index in [1.165, 1.54) is 0 Å². The molecule has 1 aliphatic heterocycles. The largest absolute Gasteiger partial charge is 0.448 e. The molecule has 0 saturated heterocycles. The molecule has 1 aromatic heterocycles. The molecule has 1 aliphatic rings. The lowest BCUT2D eigenvalue weighted by Gasteiger charge is -2.14. The van der Waals surface area contributed by atoms with Gasteiger partial charge in [-0.05, 0) is 12.1 Å². The van der Waals surface area contributed by atoms with E-state index >= 15 is 0 Å². The lowest BCUT2D eigenvalue weighted by Crippen LogP contribution is -2.23. The maximum absolute atomic E-state index is 11.6. The molecule has 0 radical (unpaired) electrons. The molecule has 0 spiro atoms. The average molecular weight is 246 g/mol. The van der Waals surface area contributed by atoms with Crippen molar-refractivity contribution in [3.05, 3.63) is 35.7 Å². The molecule has 2 unspecified atom stereocenters. The third-order valence-electron chi connectivity index (χ3n) is 2.83. The predicted octanol–water partition coefficient (Wildman–Crippen LogP) is 0.194. The van der Waals surface area contributed by atoms with Crippen LogP contribution in [-0.4, -0.2) is 38.9 Å². The zero-order chi connectivity index (χ0) is 12.7. The summed E-state index contributed by atoms with van der Waals surface area (Å²) in [4.78, 5) is 20.1. The molecule has 0 fully saturated rings. The van der Waals surface area contributed by atoms with E-state index < -0.39 is 24.8 Å². The Labute approximate surface area is 102 Å². The van der Waals surface area contributed by atoms with E-state index in [2.05, 4.69) is 9.97 Å². The summed E-state index contributed by atoms with van der Waals surface area (Å²) in [5, 5.41) is 18.5. The van der Waals surface area contributed by atoms with Crippen molar-refractivity contribution < 1.29 is 19.7 Å². The van der Waals surface area contributed by atoms with Gasteiger partial charge in [0.15, 0.2) is 11.8 Å². The Morgan fingerprint density at radius 1 is 1.28 bits per heavy atom. The van der Waals surface area contributed by atoms with Crippen molar-refractivity contribution in [2.24, 2.45) is 0 Å². The SMILES string of the molecule is O=C1OC(C(O)CO)c2nc3ccccc3nc21. The van der Waals surface area contributed by atoms with Gasteiger partial charge in [0.25, 0.3) is 0 Å². The number of aliphatic hydroxyl groups is 2. The number of esters is 1. The Balaban J connectivity index is 2.19. The summed E-state index contributed by atoms with van der Waals surface area (Å²) in [6.45, 7) is -0.508. The van der Waals surface area contributed by atoms with Crippen LogP contribution < -0.4 is 0 Å². The van der Waals surface area contributed by atoms with Gasteiger partial charge < -0.3 is 14.9 Å². The number of hydrogen-bond acceptors (Lipinski definition) is 6. The number of aromatic nitrogens is 2. The van der Waals surface area contributed by atoms with Gasteiger partial charge in [-0.2, -0.15) is 0 Å². The van der Waals surface area contributed by atoms with Gasteiger partial charge in [0.1, 0.15) is 11.8 Å². The van der Waals surface area contributed by atoms with Gasteiger partial charge in [-0.1, -0.05) is 12.1 Å². The highest BCUT2D eigenvalue weighted by Crippen LogP contribution is 2.31. The molecule has 6 heteroatoms. The Bertz CT molecular complexity index is 629. The molecular formula is C12H10N2O4. The third kappa shape index (κ3) is 1.54. The second-order valence-corrected chi connectivity index (χ2v) is 4.02. The number of fused-ring (bicyclic) bond motifs is 2. The fourth-order valence-electron chi connectivity index (χ4n) is 1.95. The summed E-state index contributed by atoms with van der Waals surface area (Å²) in [5.41, 5.74) is 1.59. The number of carbonyl (C=O) groups is 1. The van der Waals surface area contributed by atoms with Crippen LogP contribution in [0.15, 0.2) is 24.3 Å². The number of para-hydroxylation sites is 2. The molecule has 2 atom stereocenters. The fourth-order valence-corrected chi connectivity index (χ4v) is 1.95. The minimum Gasteiger partial charge on any atom is -0.448 e. The molecule has 92 valence electrons. The molecule has 2 N–H and O–H groups in total. The summed E-state index contributed by atoms with van der Waals surface area (Å²) in [6, 6.07) is 7.10. The number of nitrogens with zero attached hydrogens (tertiary/aromatic N) is 2. The zero-order valence-electron chi connectivity index (χ0n) is 9.28. The van der Waals surface area contributed by atoms with Crippen molar-refractivity contribution in [1.82, 2.24) is 9.97 Å². The maximum Gasteiger partial charge on any atom is 0.359 e. The molecule has 6 nitrogen and oxygen atoms in total. The molecular weight excluding hydrogens is 236 g/mol. The van der Waals surface area contributed by atoms with Gasteiger partial charge in [0, 0.05) is 0 Å². The molecule has 1 aromatic carbocycles. The van der Waals surface area contributed by atoms with Gasteiger partial charge in [-0.15, -0.1) is 0 Å². The van der Waals surface area contributed by atoms with E-state index in [4.69, 9.17) is 9.84 Å². The topological polar surface area (TPSA) is 92.5 Å². The number of carbonyl (C=O) groups excluding carboxylic acids is 1. The molecule has 2 aromatic rings. The van der Waals surface area contributed by atoms with E-state index in [0.717, 1.165) is 0 Å². The van der Waals surface area contributed by atoms with E-state index in [1.807, 2.05) is 0 Å². The predicted molar refractivity (Wildman–Crippen MR) is 60.8 cm³/mol. The summed E-state index contributed by atoms with van der Waals surface area (Å²) < 4.78 is 4.98. The van der Waals surface area contributed by atoms with Crippen molar-refractivity contribution >= 4 is 17.0 Å². The van der Waals surface area contributed by atoms with E-state index in [1.54, 1.807) is 24.3 Å². The number of hydrogen-bond donors (Lipinski definition) is 2. The highest BCUT2D eigenvalue weighted by molar-refractivity contribution is 5.93. The first kappa shape index (κ1) is 11.1. The Kier molecular flexibility index (Phi) is 2.46. The van der Waals surface area contributed by atoms with E-state index in [0.29, 0.717) is 11.0 Å². The summed E-state index contributed by atoms with van der Waals surface area (Å²) >= 11 is 0. The van der Waals surface area contributed by atoms with Crippen molar-refractivity contribution in [1.29, 1.82) is 0 Å². The molecule has 0 saturated carbocycles. The van der Waals surface area contributed by atoms with Gasteiger partial charge in [-0.3, -0.25) is 0 Å². The Hall–Kier alpha value is -2.05. The van der Waals surface area contributed by atoms with Crippen LogP contribution in [0.2, 0.25) is 0 Å².